The van der Waals surface area contributed by atoms with Crippen LogP contribution in [0, 0.1) is 0 Å². The Kier molecular flexibility index (Phi) is 4.11. The zero-order valence-electron chi connectivity index (χ0n) is 10.1. The van der Waals surface area contributed by atoms with Gasteiger partial charge < -0.3 is 14.4 Å². The minimum Gasteiger partial charge on any atom is -0.372 e. The first-order valence-electron chi connectivity index (χ1n) is 5.48. The summed E-state index contributed by atoms with van der Waals surface area (Å²) in [6, 6.07) is 0. The van der Waals surface area contributed by atoms with Crippen LogP contribution >= 0.6 is 0 Å². The molecule has 1 aliphatic rings. The van der Waals surface area contributed by atoms with Gasteiger partial charge in [0.05, 0.1) is 11.7 Å². The number of hydrogen-bond acceptors (Lipinski definition) is 3. The lowest BCUT2D eigenvalue weighted by atomic mass is 10.1. The van der Waals surface area contributed by atoms with E-state index in [2.05, 4.69) is 0 Å². The highest BCUT2D eigenvalue weighted by atomic mass is 16.5. The Morgan fingerprint density at radius 1 is 1.60 bits per heavy atom. The normalized spacial score (nSPS) is 25.3. The van der Waals surface area contributed by atoms with Crippen LogP contribution in [0.2, 0.25) is 0 Å². The number of ether oxygens (including phenoxy) is 2. The van der Waals surface area contributed by atoms with Gasteiger partial charge in [-0.1, -0.05) is 0 Å². The highest BCUT2D eigenvalue weighted by molar-refractivity contribution is 5.77. The third kappa shape index (κ3) is 3.80. The van der Waals surface area contributed by atoms with Crippen molar-refractivity contribution in [3.8, 4) is 0 Å². The average molecular weight is 215 g/mol. The van der Waals surface area contributed by atoms with E-state index in [1.54, 1.807) is 0 Å². The molecular weight excluding hydrogens is 194 g/mol. The summed E-state index contributed by atoms with van der Waals surface area (Å²) in [5.41, 5.74) is -0.250. The molecule has 0 aromatic rings. The second-order valence-corrected chi connectivity index (χ2v) is 4.60. The first-order chi connectivity index (χ1) is 6.94. The number of rotatable bonds is 3. The third-order valence-corrected chi connectivity index (χ3v) is 2.35. The van der Waals surface area contributed by atoms with E-state index in [-0.39, 0.29) is 24.2 Å². The van der Waals surface area contributed by atoms with Gasteiger partial charge in [0.2, 0.25) is 5.91 Å². The summed E-state index contributed by atoms with van der Waals surface area (Å²) in [4.78, 5) is 13.6. The van der Waals surface area contributed by atoms with Gasteiger partial charge in [-0.25, -0.2) is 0 Å². The number of morpholine rings is 1. The molecule has 4 heteroatoms. The monoisotopic (exact) mass is 215 g/mol. The van der Waals surface area contributed by atoms with E-state index in [1.807, 2.05) is 32.6 Å². The summed E-state index contributed by atoms with van der Waals surface area (Å²) >= 11 is 0. The van der Waals surface area contributed by atoms with E-state index >= 15 is 0 Å². The molecule has 1 rings (SSSR count). The van der Waals surface area contributed by atoms with Crippen molar-refractivity contribution >= 4 is 5.91 Å². The van der Waals surface area contributed by atoms with Crippen molar-refractivity contribution in [3.05, 3.63) is 0 Å². The molecular formula is C11H21NO3. The topological polar surface area (TPSA) is 38.8 Å². The number of carbonyl (C=O) groups excluding carboxylic acids is 1. The molecule has 0 aromatic carbocycles. The van der Waals surface area contributed by atoms with Crippen molar-refractivity contribution < 1.29 is 14.3 Å². The van der Waals surface area contributed by atoms with E-state index in [4.69, 9.17) is 9.47 Å². The number of carbonyl (C=O) groups is 1. The number of nitrogens with zero attached hydrogens (tertiary/aromatic N) is 1. The fourth-order valence-electron chi connectivity index (χ4n) is 1.92. The molecule has 1 saturated heterocycles. The quantitative estimate of drug-likeness (QED) is 0.706. The zero-order valence-corrected chi connectivity index (χ0v) is 10.1. The summed E-state index contributed by atoms with van der Waals surface area (Å²) in [7, 11) is 0. The summed E-state index contributed by atoms with van der Waals surface area (Å²) in [5, 5.41) is 0. The van der Waals surface area contributed by atoms with E-state index < -0.39 is 0 Å². The maximum absolute atomic E-state index is 11.7. The molecule has 1 amide bonds. The van der Waals surface area contributed by atoms with Crippen LogP contribution in [-0.2, 0) is 14.3 Å². The first-order valence-corrected chi connectivity index (χ1v) is 5.48. The lowest BCUT2D eigenvalue weighted by Gasteiger charge is -2.41. The van der Waals surface area contributed by atoms with Gasteiger partial charge >= 0.3 is 0 Å². The maximum atomic E-state index is 11.7. The van der Waals surface area contributed by atoms with Gasteiger partial charge in [-0.15, -0.1) is 0 Å². The van der Waals surface area contributed by atoms with E-state index in [9.17, 15) is 4.79 Å². The van der Waals surface area contributed by atoms with Crippen LogP contribution < -0.4 is 0 Å². The van der Waals surface area contributed by atoms with Crippen molar-refractivity contribution in [1.82, 2.24) is 4.90 Å². The molecule has 88 valence electrons. The summed E-state index contributed by atoms with van der Waals surface area (Å²) in [6.45, 7) is 9.95. The molecule has 1 atom stereocenters. The van der Waals surface area contributed by atoms with Crippen LogP contribution in [0.3, 0.4) is 0 Å². The molecule has 4 nitrogen and oxygen atoms in total. The lowest BCUT2D eigenvalue weighted by molar-refractivity contribution is -0.161. The predicted molar refractivity (Wildman–Crippen MR) is 57.7 cm³/mol. The minimum atomic E-state index is -0.250. The fourth-order valence-corrected chi connectivity index (χ4v) is 1.92. The molecule has 0 N–H and O–H groups in total. The van der Waals surface area contributed by atoms with Crippen LogP contribution in [0.1, 0.15) is 27.7 Å². The minimum absolute atomic E-state index is 0.0556. The Morgan fingerprint density at radius 2 is 2.27 bits per heavy atom. The molecule has 0 spiro atoms. The van der Waals surface area contributed by atoms with Gasteiger partial charge in [0, 0.05) is 19.7 Å². The maximum Gasteiger partial charge on any atom is 0.248 e. The summed E-state index contributed by atoms with van der Waals surface area (Å²) in [6.07, 6.45) is 0.0966. The number of amides is 1. The standard InChI is InChI=1S/C11H21NO3/c1-5-14-7-10(13)12-6-9(2)15-11(3,4)8-12/h9H,5-8H2,1-4H3. The van der Waals surface area contributed by atoms with Gasteiger partial charge in [-0.2, -0.15) is 0 Å². The highest BCUT2D eigenvalue weighted by Gasteiger charge is 2.33. The smallest absolute Gasteiger partial charge is 0.248 e. The first kappa shape index (κ1) is 12.5. The highest BCUT2D eigenvalue weighted by Crippen LogP contribution is 2.20. The second-order valence-electron chi connectivity index (χ2n) is 4.60. The van der Waals surface area contributed by atoms with Gasteiger partial charge in [0.25, 0.3) is 0 Å². The van der Waals surface area contributed by atoms with Crippen molar-refractivity contribution in [2.75, 3.05) is 26.3 Å². The van der Waals surface area contributed by atoms with E-state index in [0.717, 1.165) is 0 Å². The van der Waals surface area contributed by atoms with Crippen molar-refractivity contribution in [1.29, 1.82) is 0 Å². The van der Waals surface area contributed by atoms with Crippen molar-refractivity contribution in [3.63, 3.8) is 0 Å². The lowest BCUT2D eigenvalue weighted by Crippen LogP contribution is -2.54. The summed E-state index contributed by atoms with van der Waals surface area (Å²) in [5.74, 6) is 0.0556. The van der Waals surface area contributed by atoms with E-state index in [1.165, 1.54) is 0 Å². The largest absolute Gasteiger partial charge is 0.372 e. The zero-order chi connectivity index (χ0) is 11.5. The average Bonchev–Trinajstić information content (AvgIpc) is 2.10. The molecule has 1 fully saturated rings. The Labute approximate surface area is 91.5 Å². The van der Waals surface area contributed by atoms with Crippen LogP contribution in [0.25, 0.3) is 0 Å². The molecule has 1 unspecified atom stereocenters. The molecule has 0 bridgehead atoms. The van der Waals surface area contributed by atoms with Crippen LogP contribution in [0.15, 0.2) is 0 Å². The SMILES string of the molecule is CCOCC(=O)N1CC(C)OC(C)(C)C1. The van der Waals surface area contributed by atoms with E-state index in [0.29, 0.717) is 19.7 Å². The Hall–Kier alpha value is -0.610. The molecule has 0 radical (unpaired) electrons. The van der Waals surface area contributed by atoms with Crippen LogP contribution in [0.4, 0.5) is 0 Å². The fraction of sp³-hybridized carbons (Fsp3) is 0.909. The molecule has 0 aliphatic carbocycles. The molecule has 0 aromatic heterocycles. The second kappa shape index (κ2) is 4.94. The van der Waals surface area contributed by atoms with Crippen LogP contribution in [-0.4, -0.2) is 48.8 Å². The van der Waals surface area contributed by atoms with Crippen molar-refractivity contribution in [2.45, 2.75) is 39.4 Å². The van der Waals surface area contributed by atoms with Gasteiger partial charge in [0.1, 0.15) is 6.61 Å². The van der Waals surface area contributed by atoms with Gasteiger partial charge in [-0.3, -0.25) is 4.79 Å². The summed E-state index contributed by atoms with van der Waals surface area (Å²) < 4.78 is 10.8. The Morgan fingerprint density at radius 3 is 2.80 bits per heavy atom. The van der Waals surface area contributed by atoms with Gasteiger partial charge in [-0.05, 0) is 27.7 Å². The molecule has 1 heterocycles. The molecule has 1 aliphatic heterocycles. The predicted octanol–water partition coefficient (Wildman–Crippen LogP) is 1.05. The molecule has 0 saturated carbocycles. The third-order valence-electron chi connectivity index (χ3n) is 2.35. The number of hydrogen-bond donors (Lipinski definition) is 0. The molecule has 15 heavy (non-hydrogen) atoms. The van der Waals surface area contributed by atoms with Crippen molar-refractivity contribution in [2.24, 2.45) is 0 Å². The van der Waals surface area contributed by atoms with Crippen LogP contribution in [0.5, 0.6) is 0 Å². The Bertz CT molecular complexity index is 228. The van der Waals surface area contributed by atoms with Gasteiger partial charge in [0.15, 0.2) is 0 Å². The Balaban J connectivity index is 2.50.